The molecule has 0 saturated heterocycles. The monoisotopic (exact) mass is 481 g/mol. The highest BCUT2D eigenvalue weighted by Crippen LogP contribution is 2.31. The lowest BCUT2D eigenvalue weighted by Gasteiger charge is -2.18. The van der Waals surface area contributed by atoms with E-state index in [-0.39, 0.29) is 17.5 Å². The number of amides is 1. The van der Waals surface area contributed by atoms with E-state index in [0.29, 0.717) is 10.2 Å². The smallest absolute Gasteiger partial charge is 0.237 e. The third-order valence-corrected chi connectivity index (χ3v) is 6.30. The van der Waals surface area contributed by atoms with Gasteiger partial charge in [0.15, 0.2) is 5.16 Å². The van der Waals surface area contributed by atoms with Crippen LogP contribution in [0, 0.1) is 5.82 Å². The lowest BCUT2D eigenvalue weighted by atomic mass is 10.1. The van der Waals surface area contributed by atoms with E-state index >= 15 is 0 Å². The van der Waals surface area contributed by atoms with Gasteiger partial charge < -0.3 is 9.64 Å². The molecule has 0 radical (unpaired) electrons. The van der Waals surface area contributed by atoms with Crippen molar-refractivity contribution in [2.45, 2.75) is 5.16 Å². The lowest BCUT2D eigenvalue weighted by molar-refractivity contribution is -0.115. The Kier molecular flexibility index (Phi) is 7.01. The van der Waals surface area contributed by atoms with Gasteiger partial charge >= 0.3 is 0 Å². The van der Waals surface area contributed by atoms with Crippen LogP contribution in [-0.2, 0) is 4.79 Å². The third-order valence-electron chi connectivity index (χ3n) is 5.11. The molecular weight excluding hydrogens is 461 g/mol. The molecule has 1 heterocycles. The van der Waals surface area contributed by atoms with E-state index in [0.717, 1.165) is 28.4 Å². The van der Waals surface area contributed by atoms with Crippen LogP contribution >= 0.6 is 23.4 Å². The molecular formula is C25H21ClFN3O2S. The number of methoxy groups -OCH3 is 1. The molecule has 0 aliphatic heterocycles. The average Bonchev–Trinajstić information content (AvgIpc) is 3.27. The van der Waals surface area contributed by atoms with E-state index in [2.05, 4.69) is 4.98 Å². The first-order valence-electron chi connectivity index (χ1n) is 10.1. The van der Waals surface area contributed by atoms with Gasteiger partial charge in [0, 0.05) is 29.0 Å². The minimum Gasteiger partial charge on any atom is -0.497 e. The Balaban J connectivity index is 1.59. The first-order chi connectivity index (χ1) is 16.0. The molecule has 168 valence electrons. The number of hydrogen-bond donors (Lipinski definition) is 0. The Bertz CT molecular complexity index is 1240. The van der Waals surface area contributed by atoms with Gasteiger partial charge in [0.25, 0.3) is 0 Å². The number of imidazole rings is 1. The van der Waals surface area contributed by atoms with Crippen molar-refractivity contribution in [1.29, 1.82) is 0 Å². The molecule has 1 aromatic heterocycles. The Morgan fingerprint density at radius 3 is 2.36 bits per heavy atom. The molecule has 0 aliphatic rings. The highest BCUT2D eigenvalue weighted by Gasteiger charge is 2.18. The van der Waals surface area contributed by atoms with Crippen LogP contribution in [0.3, 0.4) is 0 Å². The second-order valence-electron chi connectivity index (χ2n) is 7.18. The minimum absolute atomic E-state index is 0.0702. The average molecular weight is 482 g/mol. The van der Waals surface area contributed by atoms with Crippen LogP contribution in [0.4, 0.5) is 10.1 Å². The summed E-state index contributed by atoms with van der Waals surface area (Å²) in [6, 6.07) is 20.9. The Morgan fingerprint density at radius 2 is 1.73 bits per heavy atom. The number of thioether (sulfide) groups is 1. The molecule has 3 aromatic carbocycles. The van der Waals surface area contributed by atoms with Gasteiger partial charge in [0.1, 0.15) is 11.6 Å². The SMILES string of the molecule is COc1ccc(N(C)C(=O)CSc2ncc(-c3ccc(F)cc3)n2-c2ccc(Cl)cc2)cc1. The number of nitrogens with zero attached hydrogens (tertiary/aromatic N) is 3. The zero-order valence-corrected chi connectivity index (χ0v) is 19.6. The molecule has 4 aromatic rings. The zero-order valence-electron chi connectivity index (χ0n) is 18.0. The van der Waals surface area contributed by atoms with Crippen LogP contribution in [0.15, 0.2) is 84.1 Å². The molecule has 33 heavy (non-hydrogen) atoms. The molecule has 0 saturated carbocycles. The van der Waals surface area contributed by atoms with Gasteiger partial charge in [0.05, 0.1) is 24.8 Å². The van der Waals surface area contributed by atoms with Crippen molar-refractivity contribution < 1.29 is 13.9 Å². The lowest BCUT2D eigenvalue weighted by Crippen LogP contribution is -2.28. The first-order valence-corrected chi connectivity index (χ1v) is 11.5. The van der Waals surface area contributed by atoms with Crippen molar-refractivity contribution in [3.63, 3.8) is 0 Å². The maximum Gasteiger partial charge on any atom is 0.237 e. The van der Waals surface area contributed by atoms with E-state index in [9.17, 15) is 9.18 Å². The van der Waals surface area contributed by atoms with Crippen LogP contribution < -0.4 is 9.64 Å². The molecule has 0 unspecified atom stereocenters. The number of aromatic nitrogens is 2. The van der Waals surface area contributed by atoms with Gasteiger partial charge in [-0.2, -0.15) is 0 Å². The highest BCUT2D eigenvalue weighted by atomic mass is 35.5. The van der Waals surface area contributed by atoms with Gasteiger partial charge in [-0.3, -0.25) is 9.36 Å². The summed E-state index contributed by atoms with van der Waals surface area (Å²) in [5, 5.41) is 1.26. The van der Waals surface area contributed by atoms with E-state index in [1.54, 1.807) is 49.5 Å². The second-order valence-corrected chi connectivity index (χ2v) is 8.56. The third kappa shape index (κ3) is 5.21. The van der Waals surface area contributed by atoms with Crippen molar-refractivity contribution in [2.75, 3.05) is 24.8 Å². The van der Waals surface area contributed by atoms with E-state index in [1.807, 2.05) is 41.0 Å². The molecule has 0 bridgehead atoms. The standard InChI is InChI=1S/C25H21ClFN3O2S/c1-29(20-11-13-22(32-2)14-12-20)24(31)16-33-25-28-15-23(17-3-7-19(27)8-4-17)30(25)21-9-5-18(26)6-10-21/h3-15H,16H2,1-2H3. The molecule has 5 nitrogen and oxygen atoms in total. The Labute approximate surface area is 200 Å². The van der Waals surface area contributed by atoms with Crippen LogP contribution in [0.25, 0.3) is 16.9 Å². The van der Waals surface area contributed by atoms with Crippen molar-refractivity contribution in [3.8, 4) is 22.7 Å². The number of carbonyl (C=O) groups excluding carboxylic acids is 1. The van der Waals surface area contributed by atoms with E-state index < -0.39 is 0 Å². The maximum atomic E-state index is 13.5. The normalized spacial score (nSPS) is 10.8. The highest BCUT2D eigenvalue weighted by molar-refractivity contribution is 7.99. The van der Waals surface area contributed by atoms with Crippen LogP contribution in [0.2, 0.25) is 5.02 Å². The molecule has 0 fully saturated rings. The van der Waals surface area contributed by atoms with Gasteiger partial charge in [-0.25, -0.2) is 9.37 Å². The van der Waals surface area contributed by atoms with Crippen molar-refractivity contribution in [1.82, 2.24) is 9.55 Å². The van der Waals surface area contributed by atoms with Crippen molar-refractivity contribution in [2.24, 2.45) is 0 Å². The summed E-state index contributed by atoms with van der Waals surface area (Å²) < 4.78 is 20.6. The zero-order chi connectivity index (χ0) is 23.4. The number of ether oxygens (including phenoxy) is 1. The van der Waals surface area contributed by atoms with Crippen LogP contribution in [0.5, 0.6) is 5.75 Å². The fourth-order valence-corrected chi connectivity index (χ4v) is 4.31. The number of rotatable bonds is 7. The summed E-state index contributed by atoms with van der Waals surface area (Å²) in [5.41, 5.74) is 3.22. The summed E-state index contributed by atoms with van der Waals surface area (Å²) >= 11 is 7.40. The predicted molar refractivity (Wildman–Crippen MR) is 131 cm³/mol. The largest absolute Gasteiger partial charge is 0.497 e. The summed E-state index contributed by atoms with van der Waals surface area (Å²) in [6.07, 6.45) is 1.72. The second kappa shape index (κ2) is 10.1. The Morgan fingerprint density at radius 1 is 1.06 bits per heavy atom. The van der Waals surface area contributed by atoms with Crippen molar-refractivity contribution >= 4 is 35.0 Å². The summed E-state index contributed by atoms with van der Waals surface area (Å²) in [5.74, 6) is 0.542. The summed E-state index contributed by atoms with van der Waals surface area (Å²) in [6.45, 7) is 0. The topological polar surface area (TPSA) is 47.4 Å². The fraction of sp³-hybridized carbons (Fsp3) is 0.120. The summed E-state index contributed by atoms with van der Waals surface area (Å²) in [7, 11) is 3.34. The molecule has 4 rings (SSSR count). The van der Waals surface area contributed by atoms with E-state index in [1.165, 1.54) is 23.9 Å². The fourth-order valence-electron chi connectivity index (χ4n) is 3.27. The van der Waals surface area contributed by atoms with Gasteiger partial charge in [0.2, 0.25) is 5.91 Å². The number of anilines is 1. The minimum atomic E-state index is -0.307. The number of carbonyl (C=O) groups is 1. The molecule has 0 N–H and O–H groups in total. The predicted octanol–water partition coefficient (Wildman–Crippen LogP) is 6.10. The van der Waals surface area contributed by atoms with E-state index in [4.69, 9.17) is 16.3 Å². The maximum absolute atomic E-state index is 13.5. The molecule has 0 atom stereocenters. The summed E-state index contributed by atoms with van der Waals surface area (Å²) in [4.78, 5) is 19.0. The van der Waals surface area contributed by atoms with Gasteiger partial charge in [-0.15, -0.1) is 0 Å². The molecule has 0 spiro atoms. The Hall–Kier alpha value is -3.29. The van der Waals surface area contributed by atoms with Crippen molar-refractivity contribution in [3.05, 3.63) is 89.8 Å². The number of halogens is 2. The quantitative estimate of drug-likeness (QED) is 0.299. The molecule has 0 aliphatic carbocycles. The van der Waals surface area contributed by atoms with Gasteiger partial charge in [-0.1, -0.05) is 23.4 Å². The van der Waals surface area contributed by atoms with Gasteiger partial charge in [-0.05, 0) is 72.8 Å². The molecule has 1 amide bonds. The number of hydrogen-bond acceptors (Lipinski definition) is 4. The van der Waals surface area contributed by atoms with Crippen LogP contribution in [-0.4, -0.2) is 35.4 Å². The number of benzene rings is 3. The van der Waals surface area contributed by atoms with Crippen LogP contribution in [0.1, 0.15) is 0 Å². The molecule has 8 heteroatoms. The first kappa shape index (κ1) is 22.9.